The summed E-state index contributed by atoms with van der Waals surface area (Å²) in [4.78, 5) is 18.2. The van der Waals surface area contributed by atoms with Crippen molar-refractivity contribution in [1.82, 2.24) is 14.5 Å². The Morgan fingerprint density at radius 2 is 2.30 bits per heavy atom. The fraction of sp³-hybridized carbons (Fsp3) is 0.385. The van der Waals surface area contributed by atoms with Crippen LogP contribution in [0.25, 0.3) is 11.0 Å². The number of fused-ring (bicyclic) bond motifs is 1. The molecule has 0 bridgehead atoms. The van der Waals surface area contributed by atoms with Crippen LogP contribution in [0.3, 0.4) is 0 Å². The predicted molar refractivity (Wildman–Crippen MR) is 78.7 cm³/mol. The zero-order chi connectivity index (χ0) is 16.8. The van der Waals surface area contributed by atoms with E-state index >= 15 is 0 Å². The first-order valence-corrected chi connectivity index (χ1v) is 6.68. The van der Waals surface area contributed by atoms with Crippen molar-refractivity contribution in [2.24, 2.45) is 5.73 Å². The Hall–Kier alpha value is -2.58. The number of nitrogen functional groups attached to an aromatic ring is 1. The van der Waals surface area contributed by atoms with Crippen LogP contribution >= 0.6 is 0 Å². The topological polar surface area (TPSA) is 173 Å². The molecular weight excluding hydrogens is 306 g/mol. The standard InChI is InChI=1S/C13H15N5O5/c14-3-2-13(22)8(20)7(5-19)23-11(13)18-4-1-6-9(18)16-12(15)17-10(6)21/h1,4,7-8,11,19-20,22H,5,14H2,(H3,15,16,17,21)/t7-,8?,11-,13-/m1/s1. The van der Waals surface area contributed by atoms with Crippen LogP contribution in [-0.4, -0.2) is 54.3 Å². The van der Waals surface area contributed by atoms with Crippen molar-refractivity contribution in [2.75, 3.05) is 12.3 Å². The van der Waals surface area contributed by atoms with Gasteiger partial charge in [0, 0.05) is 12.2 Å². The minimum absolute atomic E-state index is 0.117. The number of aromatic nitrogens is 3. The highest BCUT2D eigenvalue weighted by molar-refractivity contribution is 5.76. The number of nitrogens with one attached hydrogen (secondary N) is 1. The van der Waals surface area contributed by atoms with Gasteiger partial charge in [0.05, 0.1) is 12.0 Å². The van der Waals surface area contributed by atoms with Gasteiger partial charge < -0.3 is 36.1 Å². The molecular formula is C13H15N5O5. The minimum atomic E-state index is -2.09. The molecule has 10 nitrogen and oxygen atoms in total. The normalized spacial score (nSPS) is 30.3. The highest BCUT2D eigenvalue weighted by Crippen LogP contribution is 2.39. The molecule has 0 amide bonds. The van der Waals surface area contributed by atoms with Crippen molar-refractivity contribution in [3.8, 4) is 12.0 Å². The first kappa shape index (κ1) is 15.3. The van der Waals surface area contributed by atoms with Crippen molar-refractivity contribution in [3.63, 3.8) is 0 Å². The van der Waals surface area contributed by atoms with Crippen molar-refractivity contribution < 1.29 is 20.1 Å². The van der Waals surface area contributed by atoms with E-state index < -0.39 is 36.2 Å². The molecule has 4 atom stereocenters. The van der Waals surface area contributed by atoms with Crippen molar-refractivity contribution in [3.05, 3.63) is 22.6 Å². The van der Waals surface area contributed by atoms with Gasteiger partial charge in [-0.1, -0.05) is 0 Å². The van der Waals surface area contributed by atoms with E-state index in [0.29, 0.717) is 0 Å². The summed E-state index contributed by atoms with van der Waals surface area (Å²) < 4.78 is 6.79. The number of nitrogens with zero attached hydrogens (tertiary/aromatic N) is 2. The summed E-state index contributed by atoms with van der Waals surface area (Å²) in [5, 5.41) is 30.3. The molecule has 122 valence electrons. The van der Waals surface area contributed by atoms with Crippen LogP contribution in [0, 0.1) is 12.0 Å². The van der Waals surface area contributed by atoms with E-state index in [-0.39, 0.29) is 17.0 Å². The molecule has 3 heterocycles. The highest BCUT2D eigenvalue weighted by atomic mass is 16.6. The fourth-order valence-corrected chi connectivity index (χ4v) is 2.69. The summed E-state index contributed by atoms with van der Waals surface area (Å²) in [6.07, 6.45) is -2.39. The maximum atomic E-state index is 11.9. The molecule has 1 aliphatic heterocycles. The van der Waals surface area contributed by atoms with E-state index in [0.717, 1.165) is 0 Å². The molecule has 1 aliphatic rings. The van der Waals surface area contributed by atoms with E-state index in [1.807, 2.05) is 6.04 Å². The predicted octanol–water partition coefficient (Wildman–Crippen LogP) is -2.79. The summed E-state index contributed by atoms with van der Waals surface area (Å²) in [5.41, 5.74) is 8.29. The van der Waals surface area contributed by atoms with Crippen molar-refractivity contribution in [2.45, 2.75) is 24.0 Å². The zero-order valence-electron chi connectivity index (χ0n) is 11.8. The first-order chi connectivity index (χ1) is 10.9. The molecule has 8 N–H and O–H groups in total. The third-order valence-corrected chi connectivity index (χ3v) is 3.79. The molecule has 2 aromatic heterocycles. The summed E-state index contributed by atoms with van der Waals surface area (Å²) >= 11 is 0. The van der Waals surface area contributed by atoms with Crippen LogP contribution < -0.4 is 17.0 Å². The maximum Gasteiger partial charge on any atom is 0.261 e. The van der Waals surface area contributed by atoms with Crippen LogP contribution in [-0.2, 0) is 4.74 Å². The zero-order valence-corrected chi connectivity index (χ0v) is 11.8. The molecule has 10 heteroatoms. The summed E-state index contributed by atoms with van der Waals surface area (Å²) in [6.45, 7) is -0.540. The lowest BCUT2D eigenvalue weighted by Crippen LogP contribution is -2.46. The third-order valence-electron chi connectivity index (χ3n) is 3.79. The Bertz CT molecular complexity index is 865. The van der Waals surface area contributed by atoms with Gasteiger partial charge in [-0.3, -0.25) is 9.78 Å². The maximum absolute atomic E-state index is 11.9. The van der Waals surface area contributed by atoms with E-state index in [2.05, 4.69) is 15.9 Å². The number of aliphatic hydroxyl groups is 3. The van der Waals surface area contributed by atoms with Gasteiger partial charge in [-0.05, 0) is 12.0 Å². The first-order valence-electron chi connectivity index (χ1n) is 6.68. The Kier molecular flexibility index (Phi) is 3.50. The van der Waals surface area contributed by atoms with E-state index in [1.165, 1.54) is 16.8 Å². The summed E-state index contributed by atoms with van der Waals surface area (Å²) in [5.74, 6) is 2.18. The molecule has 3 rings (SSSR count). The number of nitrogens with two attached hydrogens (primary N) is 2. The Balaban J connectivity index is 2.20. The smallest absolute Gasteiger partial charge is 0.261 e. The lowest BCUT2D eigenvalue weighted by Gasteiger charge is -2.26. The number of aliphatic hydroxyl groups excluding tert-OH is 2. The number of hydrogen-bond acceptors (Lipinski definition) is 8. The second kappa shape index (κ2) is 5.25. The van der Waals surface area contributed by atoms with Gasteiger partial charge in [0.15, 0.2) is 11.9 Å². The quantitative estimate of drug-likeness (QED) is 0.254. The number of hydrogen-bond donors (Lipinski definition) is 6. The Morgan fingerprint density at radius 3 is 2.96 bits per heavy atom. The van der Waals surface area contributed by atoms with E-state index in [9.17, 15) is 20.1 Å². The van der Waals surface area contributed by atoms with Gasteiger partial charge in [0.1, 0.15) is 12.2 Å². The minimum Gasteiger partial charge on any atom is -0.394 e. The molecule has 0 spiro atoms. The molecule has 2 aromatic rings. The number of rotatable bonds is 2. The summed E-state index contributed by atoms with van der Waals surface area (Å²) in [7, 11) is 0. The molecule has 1 unspecified atom stereocenters. The average molecular weight is 321 g/mol. The van der Waals surface area contributed by atoms with Crippen molar-refractivity contribution in [1.29, 1.82) is 0 Å². The van der Waals surface area contributed by atoms with Crippen LogP contribution in [0.15, 0.2) is 17.1 Å². The van der Waals surface area contributed by atoms with Crippen LogP contribution in [0.4, 0.5) is 5.95 Å². The molecule has 23 heavy (non-hydrogen) atoms. The van der Waals surface area contributed by atoms with Gasteiger partial charge in [-0.15, -0.1) is 0 Å². The lowest BCUT2D eigenvalue weighted by atomic mass is 9.95. The average Bonchev–Trinajstić information content (AvgIpc) is 3.01. The Labute approximate surface area is 129 Å². The largest absolute Gasteiger partial charge is 0.394 e. The van der Waals surface area contributed by atoms with Gasteiger partial charge in [0.25, 0.3) is 5.56 Å². The monoisotopic (exact) mass is 321 g/mol. The number of H-pyrrole nitrogens is 1. The van der Waals surface area contributed by atoms with Gasteiger partial charge in [-0.25, -0.2) is 0 Å². The van der Waals surface area contributed by atoms with Crippen LogP contribution in [0.5, 0.6) is 0 Å². The van der Waals surface area contributed by atoms with E-state index in [1.54, 1.807) is 0 Å². The highest BCUT2D eigenvalue weighted by Gasteiger charge is 2.55. The van der Waals surface area contributed by atoms with Gasteiger partial charge in [-0.2, -0.15) is 4.98 Å². The molecule has 0 saturated carbocycles. The van der Waals surface area contributed by atoms with Crippen LogP contribution in [0.1, 0.15) is 6.23 Å². The van der Waals surface area contributed by atoms with Gasteiger partial charge in [0.2, 0.25) is 11.5 Å². The second-order valence-electron chi connectivity index (χ2n) is 5.16. The number of aromatic amines is 1. The number of anilines is 1. The second-order valence-corrected chi connectivity index (χ2v) is 5.16. The molecule has 1 saturated heterocycles. The van der Waals surface area contributed by atoms with Crippen molar-refractivity contribution >= 4 is 17.0 Å². The Morgan fingerprint density at radius 1 is 1.57 bits per heavy atom. The SMILES string of the molecule is NC#C[C@@]1(O)C(O)[C@@H](CO)O[C@H]1n1ccc2c(=O)[nH]c(N)nc21. The lowest BCUT2D eigenvalue weighted by molar-refractivity contribution is -0.0719. The molecule has 0 radical (unpaired) electrons. The van der Waals surface area contributed by atoms with Gasteiger partial charge >= 0.3 is 0 Å². The third kappa shape index (κ3) is 2.14. The van der Waals surface area contributed by atoms with E-state index in [4.69, 9.17) is 16.2 Å². The van der Waals surface area contributed by atoms with Crippen LogP contribution in [0.2, 0.25) is 0 Å². The fourth-order valence-electron chi connectivity index (χ4n) is 2.69. The molecule has 0 aromatic carbocycles. The summed E-state index contributed by atoms with van der Waals surface area (Å²) in [6, 6.07) is 3.50. The number of ether oxygens (including phenoxy) is 1. The molecule has 0 aliphatic carbocycles. The molecule has 1 fully saturated rings.